The first-order valence-electron chi connectivity index (χ1n) is 4.52. The summed E-state index contributed by atoms with van der Waals surface area (Å²) in [5.41, 5.74) is 0.461. The highest BCUT2D eigenvalue weighted by molar-refractivity contribution is 5.77. The second-order valence-corrected chi connectivity index (χ2v) is 3.40. The van der Waals surface area contributed by atoms with Crippen LogP contribution in [0.1, 0.15) is 31.5 Å². The van der Waals surface area contributed by atoms with E-state index >= 15 is 0 Å². The van der Waals surface area contributed by atoms with Gasteiger partial charge in [-0.2, -0.15) is 5.10 Å². The lowest BCUT2D eigenvalue weighted by atomic mass is 10.2. The third-order valence-electron chi connectivity index (χ3n) is 1.97. The summed E-state index contributed by atoms with van der Waals surface area (Å²) in [5, 5.41) is 15.1. The number of aliphatic carboxylic acids is 1. The molecule has 0 bridgehead atoms. The van der Waals surface area contributed by atoms with Crippen LogP contribution < -0.4 is 5.32 Å². The maximum absolute atomic E-state index is 10.8. The molecule has 1 rings (SSSR count). The molecule has 15 heavy (non-hydrogen) atoms. The second-order valence-electron chi connectivity index (χ2n) is 3.40. The highest BCUT2D eigenvalue weighted by atomic mass is 16.4. The van der Waals surface area contributed by atoms with Crippen molar-refractivity contribution in [3.05, 3.63) is 18.0 Å². The third kappa shape index (κ3) is 2.55. The lowest BCUT2D eigenvalue weighted by Gasteiger charge is -2.08. The first-order valence-corrected chi connectivity index (χ1v) is 4.52. The Morgan fingerprint density at radius 3 is 2.73 bits per heavy atom. The molecule has 6 nitrogen and oxygen atoms in total. The zero-order valence-electron chi connectivity index (χ0n) is 8.54. The Balaban J connectivity index is 2.91. The van der Waals surface area contributed by atoms with Crippen molar-refractivity contribution < 1.29 is 14.7 Å². The Morgan fingerprint density at radius 2 is 2.33 bits per heavy atom. The number of carbonyl (C=O) groups excluding carboxylic acids is 1. The normalized spacial score (nSPS) is 12.5. The molecule has 1 amide bonds. The van der Waals surface area contributed by atoms with Gasteiger partial charge in [-0.25, -0.2) is 4.79 Å². The highest BCUT2D eigenvalue weighted by Crippen LogP contribution is 2.13. The van der Waals surface area contributed by atoms with E-state index in [0.717, 1.165) is 0 Å². The van der Waals surface area contributed by atoms with E-state index in [4.69, 9.17) is 5.11 Å². The Hall–Kier alpha value is -1.85. The molecule has 0 radical (unpaired) electrons. The van der Waals surface area contributed by atoms with Crippen LogP contribution in [0.5, 0.6) is 0 Å². The molecule has 1 aromatic heterocycles. The number of hydrogen-bond acceptors (Lipinski definition) is 3. The molecule has 0 aliphatic carbocycles. The topological polar surface area (TPSA) is 84.2 Å². The zero-order chi connectivity index (χ0) is 11.4. The van der Waals surface area contributed by atoms with Gasteiger partial charge in [0.2, 0.25) is 6.41 Å². The van der Waals surface area contributed by atoms with Crippen molar-refractivity contribution in [2.75, 3.05) is 0 Å². The van der Waals surface area contributed by atoms with Gasteiger partial charge in [-0.3, -0.25) is 9.48 Å². The molecule has 0 aliphatic rings. The van der Waals surface area contributed by atoms with Crippen molar-refractivity contribution in [3.63, 3.8) is 0 Å². The number of aromatic nitrogens is 2. The first kappa shape index (κ1) is 11.2. The minimum Gasteiger partial charge on any atom is -0.479 e. The summed E-state index contributed by atoms with van der Waals surface area (Å²) in [6, 6.07) is -0.876. The van der Waals surface area contributed by atoms with Crippen LogP contribution in [0.4, 0.5) is 0 Å². The van der Waals surface area contributed by atoms with Gasteiger partial charge in [0.1, 0.15) is 0 Å². The Kier molecular flexibility index (Phi) is 3.43. The molecule has 2 N–H and O–H groups in total. The lowest BCUT2D eigenvalue weighted by Crippen LogP contribution is -2.26. The molecule has 0 aliphatic heterocycles. The van der Waals surface area contributed by atoms with Crippen LogP contribution in [0, 0.1) is 0 Å². The number of carboxylic acids is 1. The molecule has 0 aromatic carbocycles. The minimum atomic E-state index is -1.11. The van der Waals surface area contributed by atoms with E-state index in [-0.39, 0.29) is 6.04 Å². The van der Waals surface area contributed by atoms with Crippen LogP contribution in [-0.4, -0.2) is 27.3 Å². The SMILES string of the molecule is CC(C)n1cc(C(NC=O)C(=O)O)cn1. The van der Waals surface area contributed by atoms with Gasteiger partial charge in [0.25, 0.3) is 0 Å². The molecule has 0 spiro atoms. The standard InChI is InChI=1S/C9H13N3O3/c1-6(2)12-4-7(3-11-12)8(9(14)15)10-5-13/h3-6,8H,1-2H3,(H,10,13)(H,14,15). The molecule has 1 heterocycles. The maximum atomic E-state index is 10.8. The number of carbonyl (C=O) groups is 2. The molecule has 0 saturated carbocycles. The van der Waals surface area contributed by atoms with Crippen molar-refractivity contribution >= 4 is 12.4 Å². The lowest BCUT2D eigenvalue weighted by molar-refractivity contribution is -0.140. The summed E-state index contributed by atoms with van der Waals surface area (Å²) in [6.45, 7) is 3.86. The number of amides is 1. The number of rotatable bonds is 5. The van der Waals surface area contributed by atoms with Crippen molar-refractivity contribution in [1.29, 1.82) is 0 Å². The van der Waals surface area contributed by atoms with E-state index in [9.17, 15) is 9.59 Å². The van der Waals surface area contributed by atoms with Gasteiger partial charge >= 0.3 is 5.97 Å². The predicted octanol–water partition coefficient (Wildman–Crippen LogP) is 0.336. The van der Waals surface area contributed by atoms with E-state index in [1.807, 2.05) is 13.8 Å². The van der Waals surface area contributed by atoms with Gasteiger partial charge in [-0.05, 0) is 13.8 Å². The summed E-state index contributed by atoms with van der Waals surface area (Å²) in [5.74, 6) is -1.11. The molecule has 1 atom stereocenters. The molecular formula is C9H13N3O3. The maximum Gasteiger partial charge on any atom is 0.331 e. The average molecular weight is 211 g/mol. The van der Waals surface area contributed by atoms with Gasteiger partial charge in [0.15, 0.2) is 6.04 Å². The zero-order valence-corrected chi connectivity index (χ0v) is 8.54. The van der Waals surface area contributed by atoms with E-state index in [0.29, 0.717) is 12.0 Å². The van der Waals surface area contributed by atoms with Crippen LogP contribution >= 0.6 is 0 Å². The Bertz CT molecular complexity index is 359. The molecule has 6 heteroatoms. The monoisotopic (exact) mass is 211 g/mol. The second kappa shape index (κ2) is 4.59. The first-order chi connectivity index (χ1) is 7.06. The van der Waals surface area contributed by atoms with Crippen molar-refractivity contribution in [2.45, 2.75) is 25.9 Å². The summed E-state index contributed by atoms with van der Waals surface area (Å²) in [4.78, 5) is 21.0. The van der Waals surface area contributed by atoms with Gasteiger partial charge in [0, 0.05) is 17.8 Å². The summed E-state index contributed by atoms with van der Waals surface area (Å²) < 4.78 is 1.64. The van der Waals surface area contributed by atoms with Gasteiger partial charge in [-0.1, -0.05) is 0 Å². The summed E-state index contributed by atoms with van der Waals surface area (Å²) >= 11 is 0. The van der Waals surface area contributed by atoms with E-state index in [1.165, 1.54) is 6.20 Å². The van der Waals surface area contributed by atoms with Gasteiger partial charge < -0.3 is 10.4 Å². The van der Waals surface area contributed by atoms with Crippen molar-refractivity contribution in [3.8, 4) is 0 Å². The van der Waals surface area contributed by atoms with Gasteiger partial charge in [0.05, 0.1) is 6.20 Å². The number of nitrogens with zero attached hydrogens (tertiary/aromatic N) is 2. The van der Waals surface area contributed by atoms with E-state index < -0.39 is 12.0 Å². The average Bonchev–Trinajstić information content (AvgIpc) is 2.62. The van der Waals surface area contributed by atoms with Crippen LogP contribution in [0.3, 0.4) is 0 Å². The smallest absolute Gasteiger partial charge is 0.331 e. The van der Waals surface area contributed by atoms with Crippen molar-refractivity contribution in [2.24, 2.45) is 0 Å². The molecular weight excluding hydrogens is 198 g/mol. The number of hydrogen-bond donors (Lipinski definition) is 2. The minimum absolute atomic E-state index is 0.157. The number of carboxylic acid groups (broad SMARTS) is 1. The molecule has 1 aromatic rings. The molecule has 1 unspecified atom stereocenters. The number of nitrogens with one attached hydrogen (secondary N) is 1. The fraction of sp³-hybridized carbons (Fsp3) is 0.444. The third-order valence-corrected chi connectivity index (χ3v) is 1.97. The Morgan fingerprint density at radius 1 is 1.67 bits per heavy atom. The molecule has 0 saturated heterocycles. The van der Waals surface area contributed by atoms with Crippen LogP contribution in [0.2, 0.25) is 0 Å². The molecule has 82 valence electrons. The van der Waals surface area contributed by atoms with E-state index in [2.05, 4.69) is 10.4 Å². The fourth-order valence-electron chi connectivity index (χ4n) is 1.16. The van der Waals surface area contributed by atoms with Crippen LogP contribution in [0.25, 0.3) is 0 Å². The quantitative estimate of drug-likeness (QED) is 0.687. The predicted molar refractivity (Wildman–Crippen MR) is 52.2 cm³/mol. The van der Waals surface area contributed by atoms with E-state index in [1.54, 1.807) is 10.9 Å². The Labute approximate surface area is 86.9 Å². The fourth-order valence-corrected chi connectivity index (χ4v) is 1.16. The van der Waals surface area contributed by atoms with Gasteiger partial charge in [-0.15, -0.1) is 0 Å². The van der Waals surface area contributed by atoms with Crippen LogP contribution in [0.15, 0.2) is 12.4 Å². The largest absolute Gasteiger partial charge is 0.479 e. The molecule has 0 fully saturated rings. The highest BCUT2D eigenvalue weighted by Gasteiger charge is 2.20. The van der Waals surface area contributed by atoms with Crippen molar-refractivity contribution in [1.82, 2.24) is 15.1 Å². The van der Waals surface area contributed by atoms with Crippen LogP contribution in [-0.2, 0) is 9.59 Å². The summed E-state index contributed by atoms with van der Waals surface area (Å²) in [6.07, 6.45) is 3.42. The summed E-state index contributed by atoms with van der Waals surface area (Å²) in [7, 11) is 0.